The van der Waals surface area contributed by atoms with Gasteiger partial charge in [0.25, 0.3) is 5.91 Å². The summed E-state index contributed by atoms with van der Waals surface area (Å²) in [5, 5.41) is 3.56. The molecule has 9 heteroatoms. The summed E-state index contributed by atoms with van der Waals surface area (Å²) in [4.78, 5) is 20.1. The van der Waals surface area contributed by atoms with Crippen molar-refractivity contribution in [2.45, 2.75) is 71.1 Å². The molecule has 0 bridgehead atoms. The molecule has 0 aliphatic carbocycles. The van der Waals surface area contributed by atoms with Crippen LogP contribution in [-0.2, 0) is 0 Å². The smallest absolute Gasteiger partial charge is 0.387 e. The van der Waals surface area contributed by atoms with E-state index in [1.54, 1.807) is 0 Å². The Morgan fingerprint density at radius 3 is 1.96 bits per heavy atom. The van der Waals surface area contributed by atoms with Crippen LogP contribution in [0, 0.1) is 0 Å². The molecule has 52 heavy (non-hydrogen) atoms. The number of carbonyl (C=O) groups is 1. The van der Waals surface area contributed by atoms with E-state index in [9.17, 15) is 13.6 Å². The molecule has 2 unspecified atom stereocenters. The van der Waals surface area contributed by atoms with Crippen molar-refractivity contribution in [2.75, 3.05) is 60.5 Å². The predicted molar refractivity (Wildman–Crippen MR) is 209 cm³/mol. The second-order valence-corrected chi connectivity index (χ2v) is 14.1. The number of hydrogen-bond donors (Lipinski definition) is 1. The number of methoxy groups -OCH3 is 1. The van der Waals surface area contributed by atoms with Gasteiger partial charge in [0.15, 0.2) is 11.5 Å². The molecule has 2 aliphatic rings. The third kappa shape index (κ3) is 13.5. The van der Waals surface area contributed by atoms with Crippen LogP contribution in [-0.4, -0.2) is 99.8 Å². The van der Waals surface area contributed by atoms with Crippen LogP contribution in [0.4, 0.5) is 8.78 Å². The van der Waals surface area contributed by atoms with Crippen molar-refractivity contribution in [2.24, 2.45) is 0 Å². The maximum Gasteiger partial charge on any atom is 0.387 e. The molecule has 2 saturated heterocycles. The van der Waals surface area contributed by atoms with Crippen molar-refractivity contribution in [1.29, 1.82) is 0 Å². The van der Waals surface area contributed by atoms with Crippen molar-refractivity contribution < 1.29 is 23.0 Å². The van der Waals surface area contributed by atoms with Gasteiger partial charge in [-0.05, 0) is 115 Å². The number of alkyl halides is 2. The molecule has 1 amide bonds. The molecule has 0 saturated carbocycles. The van der Waals surface area contributed by atoms with Gasteiger partial charge in [0.1, 0.15) is 0 Å². The van der Waals surface area contributed by atoms with Crippen molar-refractivity contribution in [3.05, 3.63) is 107 Å². The molecular weight excluding hydrogens is 658 g/mol. The Labute approximate surface area is 310 Å². The Balaban J connectivity index is 0.000000269. The lowest BCUT2D eigenvalue weighted by Gasteiger charge is -2.27. The highest BCUT2D eigenvalue weighted by Crippen LogP contribution is 2.30. The fraction of sp³-hybridized carbons (Fsp3) is 0.465. The zero-order valence-corrected chi connectivity index (χ0v) is 31.7. The standard InChI is InChI=1S/C26H32F2N2O3.C17H26N2/c1-19(16-20-8-5-4-6-9-20)18-30(15-13-22-10-7-14-29(22)2)25(31)21-11-12-23(33-26(27)28)24(17-21)32-3;1-15(13-16-7-4-3-5-8-16)14-18-11-10-17-9-6-12-19(17)2/h4-6,8-9,11-12,16-17,22,26H,7,10,13-15,18H2,1-3H3;3-5,7-8,13,17-18H,6,9-12,14H2,1-2H3/b19-16+;15-13+. The van der Waals surface area contributed by atoms with Crippen molar-refractivity contribution in [1.82, 2.24) is 20.0 Å². The number of nitrogens with zero attached hydrogens (tertiary/aromatic N) is 3. The van der Waals surface area contributed by atoms with Crippen LogP contribution in [0.5, 0.6) is 11.5 Å². The number of amides is 1. The van der Waals surface area contributed by atoms with Crippen LogP contribution < -0.4 is 14.8 Å². The number of rotatable bonds is 16. The van der Waals surface area contributed by atoms with E-state index in [0.29, 0.717) is 24.7 Å². The zero-order valence-electron chi connectivity index (χ0n) is 31.7. The van der Waals surface area contributed by atoms with Gasteiger partial charge in [0, 0.05) is 37.3 Å². The first-order valence-electron chi connectivity index (χ1n) is 18.6. The normalized spacial score (nSPS) is 18.3. The molecule has 0 radical (unpaired) electrons. The zero-order chi connectivity index (χ0) is 37.3. The Kier molecular flexibility index (Phi) is 16.8. The minimum Gasteiger partial charge on any atom is -0.493 e. The maximum atomic E-state index is 13.5. The average Bonchev–Trinajstić information content (AvgIpc) is 3.75. The monoisotopic (exact) mass is 716 g/mol. The summed E-state index contributed by atoms with van der Waals surface area (Å²) in [6, 6.07) is 26.1. The van der Waals surface area contributed by atoms with Crippen LogP contribution in [0.15, 0.2) is 90.0 Å². The molecule has 1 N–H and O–H groups in total. The van der Waals surface area contributed by atoms with E-state index in [-0.39, 0.29) is 17.4 Å². The van der Waals surface area contributed by atoms with Gasteiger partial charge >= 0.3 is 6.61 Å². The lowest BCUT2D eigenvalue weighted by atomic mass is 10.1. The van der Waals surface area contributed by atoms with E-state index < -0.39 is 6.61 Å². The summed E-state index contributed by atoms with van der Waals surface area (Å²) < 4.78 is 35.0. The fourth-order valence-electron chi connectivity index (χ4n) is 7.04. The lowest BCUT2D eigenvalue weighted by molar-refractivity contribution is -0.0512. The van der Waals surface area contributed by atoms with E-state index >= 15 is 0 Å². The maximum absolute atomic E-state index is 13.5. The number of nitrogens with one attached hydrogen (secondary N) is 1. The Morgan fingerprint density at radius 1 is 0.846 bits per heavy atom. The summed E-state index contributed by atoms with van der Waals surface area (Å²) in [6.45, 7) is 6.78. The first-order valence-corrected chi connectivity index (χ1v) is 18.6. The summed E-state index contributed by atoms with van der Waals surface area (Å²) in [7, 11) is 5.73. The van der Waals surface area contributed by atoms with E-state index in [0.717, 1.165) is 49.7 Å². The van der Waals surface area contributed by atoms with Crippen LogP contribution in [0.1, 0.15) is 73.9 Å². The summed E-state index contributed by atoms with van der Waals surface area (Å²) >= 11 is 0. The minimum atomic E-state index is -2.97. The van der Waals surface area contributed by atoms with Gasteiger partial charge in [0.2, 0.25) is 0 Å². The number of ether oxygens (including phenoxy) is 2. The fourth-order valence-corrected chi connectivity index (χ4v) is 7.04. The Hall–Kier alpha value is -4.05. The molecule has 3 aromatic carbocycles. The second kappa shape index (κ2) is 21.5. The van der Waals surface area contributed by atoms with Gasteiger partial charge in [-0.15, -0.1) is 0 Å². The number of hydrogen-bond acceptors (Lipinski definition) is 6. The summed E-state index contributed by atoms with van der Waals surface area (Å²) in [5.41, 5.74) is 5.19. The molecule has 2 heterocycles. The van der Waals surface area contributed by atoms with Crippen molar-refractivity contribution in [3.63, 3.8) is 0 Å². The molecule has 3 aromatic rings. The largest absolute Gasteiger partial charge is 0.493 e. The third-order valence-corrected chi connectivity index (χ3v) is 9.91. The average molecular weight is 717 g/mol. The molecule has 282 valence electrons. The van der Waals surface area contributed by atoms with E-state index in [1.807, 2.05) is 42.2 Å². The highest BCUT2D eigenvalue weighted by atomic mass is 19.3. The van der Waals surface area contributed by atoms with Crippen LogP contribution in [0.25, 0.3) is 12.2 Å². The first-order chi connectivity index (χ1) is 25.1. The third-order valence-electron chi connectivity index (χ3n) is 9.91. The van der Waals surface area contributed by atoms with Crippen LogP contribution in [0.2, 0.25) is 0 Å². The molecule has 2 aliphatic heterocycles. The SMILES string of the molecule is C/C(=C\c1ccccc1)CNCCC1CCCN1C.COc1cc(C(=O)N(CCC2CCCN2C)C/C(C)=C/c2ccccc2)ccc1OC(F)F. The number of likely N-dealkylation sites (tertiary alicyclic amines) is 2. The molecule has 2 atom stereocenters. The van der Waals surface area contributed by atoms with Crippen molar-refractivity contribution >= 4 is 18.1 Å². The topological polar surface area (TPSA) is 57.3 Å². The number of benzene rings is 3. The summed E-state index contributed by atoms with van der Waals surface area (Å²) in [5.74, 6) is -0.158. The predicted octanol–water partition coefficient (Wildman–Crippen LogP) is 8.49. The highest BCUT2D eigenvalue weighted by molar-refractivity contribution is 5.95. The second-order valence-electron chi connectivity index (χ2n) is 14.1. The number of halogens is 2. The van der Waals surface area contributed by atoms with Gasteiger partial charge in [0.05, 0.1) is 7.11 Å². The lowest BCUT2D eigenvalue weighted by Crippen LogP contribution is -2.37. The molecule has 7 nitrogen and oxygen atoms in total. The van der Waals surface area contributed by atoms with Crippen LogP contribution in [0.3, 0.4) is 0 Å². The van der Waals surface area contributed by atoms with E-state index in [1.165, 1.54) is 68.7 Å². The minimum absolute atomic E-state index is 0.0941. The molecule has 2 fully saturated rings. The van der Waals surface area contributed by atoms with Crippen molar-refractivity contribution in [3.8, 4) is 11.5 Å². The quantitative estimate of drug-likeness (QED) is 0.150. The van der Waals surface area contributed by atoms with E-state index in [4.69, 9.17) is 4.74 Å². The Morgan fingerprint density at radius 2 is 1.42 bits per heavy atom. The number of carbonyl (C=O) groups excluding carboxylic acids is 1. The molecule has 5 rings (SSSR count). The Bertz CT molecular complexity index is 1570. The highest BCUT2D eigenvalue weighted by Gasteiger charge is 2.25. The van der Waals surface area contributed by atoms with Gasteiger partial charge in [-0.2, -0.15) is 8.78 Å². The molecule has 0 aromatic heterocycles. The molecular formula is C43H58F2N4O3. The first kappa shape index (κ1) is 40.7. The van der Waals surface area contributed by atoms with Gasteiger partial charge in [-0.3, -0.25) is 4.79 Å². The van der Waals surface area contributed by atoms with E-state index in [2.05, 4.69) is 83.4 Å². The van der Waals surface area contributed by atoms with Gasteiger partial charge in [-0.25, -0.2) is 0 Å². The van der Waals surface area contributed by atoms with Crippen LogP contribution >= 0.6 is 0 Å². The van der Waals surface area contributed by atoms with Gasteiger partial charge in [-0.1, -0.05) is 84.0 Å². The molecule has 0 spiro atoms. The summed E-state index contributed by atoms with van der Waals surface area (Å²) in [6.07, 6.45) is 11.5. The van der Waals surface area contributed by atoms with Gasteiger partial charge < -0.3 is 29.5 Å².